The fraction of sp³-hybridized carbons (Fsp3) is 0.588. The van der Waals surface area contributed by atoms with Crippen molar-refractivity contribution in [2.24, 2.45) is 5.92 Å². The first kappa shape index (κ1) is 14.9. The van der Waals surface area contributed by atoms with E-state index in [1.54, 1.807) is 0 Å². The highest BCUT2D eigenvalue weighted by Crippen LogP contribution is 2.32. The summed E-state index contributed by atoms with van der Waals surface area (Å²) >= 11 is 6.14. The van der Waals surface area contributed by atoms with E-state index in [4.69, 9.17) is 16.3 Å². The number of amides is 1. The van der Waals surface area contributed by atoms with E-state index in [-0.39, 0.29) is 5.91 Å². The molecule has 0 radical (unpaired) electrons. The first-order valence-electron chi connectivity index (χ1n) is 7.80. The smallest absolute Gasteiger partial charge is 0.222 e. The molecular formula is C17H22ClNO2. The van der Waals surface area contributed by atoms with Crippen LogP contribution in [0.4, 0.5) is 0 Å². The minimum atomic E-state index is 0.243. The Labute approximate surface area is 131 Å². The van der Waals surface area contributed by atoms with E-state index in [1.165, 1.54) is 0 Å². The maximum absolute atomic E-state index is 12.4. The molecule has 21 heavy (non-hydrogen) atoms. The molecule has 0 saturated carbocycles. The van der Waals surface area contributed by atoms with Crippen molar-refractivity contribution >= 4 is 17.5 Å². The number of piperidine rings is 1. The molecule has 3 rings (SSSR count). The summed E-state index contributed by atoms with van der Waals surface area (Å²) in [6.07, 6.45) is 4.03. The quantitative estimate of drug-likeness (QED) is 0.857. The van der Waals surface area contributed by atoms with Gasteiger partial charge in [-0.05, 0) is 37.8 Å². The van der Waals surface area contributed by atoms with Crippen LogP contribution in [0.3, 0.4) is 0 Å². The van der Waals surface area contributed by atoms with E-state index in [0.29, 0.717) is 24.5 Å². The van der Waals surface area contributed by atoms with Crippen LogP contribution in [-0.4, -0.2) is 36.1 Å². The van der Waals surface area contributed by atoms with Gasteiger partial charge in [0.25, 0.3) is 0 Å². The number of hydrogen-bond donors (Lipinski definition) is 0. The second-order valence-electron chi connectivity index (χ2n) is 6.20. The summed E-state index contributed by atoms with van der Waals surface area (Å²) in [7, 11) is 0. The van der Waals surface area contributed by atoms with Crippen molar-refractivity contribution in [1.29, 1.82) is 0 Å². The summed E-state index contributed by atoms with van der Waals surface area (Å²) in [6.45, 7) is 3.81. The van der Waals surface area contributed by atoms with Gasteiger partial charge in [-0.1, -0.05) is 29.8 Å². The molecule has 0 N–H and O–H groups in total. The Kier molecular flexibility index (Phi) is 4.51. The van der Waals surface area contributed by atoms with E-state index in [0.717, 1.165) is 42.9 Å². The summed E-state index contributed by atoms with van der Waals surface area (Å²) in [6, 6.07) is 7.76. The van der Waals surface area contributed by atoms with Gasteiger partial charge >= 0.3 is 0 Å². The Morgan fingerprint density at radius 3 is 3.05 bits per heavy atom. The molecule has 1 aromatic carbocycles. The Morgan fingerprint density at radius 2 is 2.24 bits per heavy atom. The zero-order chi connectivity index (χ0) is 14.8. The van der Waals surface area contributed by atoms with Crippen molar-refractivity contribution in [3.8, 4) is 0 Å². The van der Waals surface area contributed by atoms with Crippen molar-refractivity contribution in [3.63, 3.8) is 0 Å². The van der Waals surface area contributed by atoms with Crippen LogP contribution in [0.1, 0.15) is 31.7 Å². The van der Waals surface area contributed by atoms with Gasteiger partial charge in [0.2, 0.25) is 5.91 Å². The number of carbonyl (C=O) groups is 1. The predicted molar refractivity (Wildman–Crippen MR) is 83.4 cm³/mol. The number of rotatable bonds is 3. The highest BCUT2D eigenvalue weighted by Gasteiger charge is 2.38. The maximum Gasteiger partial charge on any atom is 0.222 e. The van der Waals surface area contributed by atoms with Gasteiger partial charge in [0.05, 0.1) is 12.2 Å². The van der Waals surface area contributed by atoms with Crippen molar-refractivity contribution in [3.05, 3.63) is 34.9 Å². The zero-order valence-electron chi connectivity index (χ0n) is 12.4. The molecule has 1 aromatic rings. The lowest BCUT2D eigenvalue weighted by atomic mass is 9.93. The van der Waals surface area contributed by atoms with Crippen LogP contribution in [0.2, 0.25) is 5.02 Å². The molecule has 0 bridgehead atoms. The summed E-state index contributed by atoms with van der Waals surface area (Å²) in [5.74, 6) is 0.769. The van der Waals surface area contributed by atoms with E-state index < -0.39 is 0 Å². The number of nitrogens with zero attached hydrogens (tertiary/aromatic N) is 1. The van der Waals surface area contributed by atoms with Crippen LogP contribution in [0, 0.1) is 5.92 Å². The highest BCUT2D eigenvalue weighted by molar-refractivity contribution is 6.31. The predicted octanol–water partition coefficient (Wildman–Crippen LogP) is 3.30. The van der Waals surface area contributed by atoms with Gasteiger partial charge in [0.1, 0.15) is 0 Å². The highest BCUT2D eigenvalue weighted by atomic mass is 35.5. The standard InChI is InChI=1S/C17H22ClNO2/c1-12-10-14-11-19(9-8-16(14)21-12)17(20)7-6-13-4-2-3-5-15(13)18/h2-5,12,14,16H,6-11H2,1H3/t12-,14-,16-/m0/s1. The van der Waals surface area contributed by atoms with Gasteiger partial charge in [-0.25, -0.2) is 0 Å². The van der Waals surface area contributed by atoms with E-state index in [9.17, 15) is 4.79 Å². The third-order valence-corrected chi connectivity index (χ3v) is 4.99. The molecule has 114 valence electrons. The number of halogens is 1. The van der Waals surface area contributed by atoms with Crippen molar-refractivity contribution < 1.29 is 9.53 Å². The second kappa shape index (κ2) is 6.37. The molecule has 0 spiro atoms. The van der Waals surface area contributed by atoms with Crippen molar-refractivity contribution in [2.75, 3.05) is 13.1 Å². The van der Waals surface area contributed by atoms with E-state index in [2.05, 4.69) is 6.92 Å². The molecule has 2 saturated heterocycles. The van der Waals surface area contributed by atoms with Gasteiger partial charge in [0.15, 0.2) is 0 Å². The molecule has 4 heteroatoms. The Morgan fingerprint density at radius 1 is 1.43 bits per heavy atom. The van der Waals surface area contributed by atoms with Gasteiger partial charge in [-0.15, -0.1) is 0 Å². The summed E-state index contributed by atoms with van der Waals surface area (Å²) < 4.78 is 5.88. The summed E-state index contributed by atoms with van der Waals surface area (Å²) in [4.78, 5) is 14.4. The largest absolute Gasteiger partial charge is 0.375 e. The molecule has 3 atom stereocenters. The van der Waals surface area contributed by atoms with Crippen LogP contribution >= 0.6 is 11.6 Å². The maximum atomic E-state index is 12.4. The van der Waals surface area contributed by atoms with Crippen LogP contribution < -0.4 is 0 Å². The number of fused-ring (bicyclic) bond motifs is 1. The van der Waals surface area contributed by atoms with Crippen LogP contribution in [-0.2, 0) is 16.0 Å². The number of ether oxygens (including phenoxy) is 1. The Bertz CT molecular complexity index is 519. The molecule has 2 aliphatic heterocycles. The summed E-state index contributed by atoms with van der Waals surface area (Å²) in [5.41, 5.74) is 1.06. The number of hydrogen-bond acceptors (Lipinski definition) is 2. The average Bonchev–Trinajstić information content (AvgIpc) is 2.85. The monoisotopic (exact) mass is 307 g/mol. The minimum absolute atomic E-state index is 0.243. The lowest BCUT2D eigenvalue weighted by Gasteiger charge is -2.34. The molecule has 0 aromatic heterocycles. The Balaban J connectivity index is 1.53. The SMILES string of the molecule is C[C@H]1C[C@H]2CN(C(=O)CCc3ccccc3Cl)CC[C@@H]2O1. The molecule has 1 amide bonds. The fourth-order valence-electron chi connectivity index (χ4n) is 3.52. The molecule has 3 nitrogen and oxygen atoms in total. The third kappa shape index (κ3) is 3.41. The lowest BCUT2D eigenvalue weighted by molar-refractivity contribution is -0.134. The normalized spacial score (nSPS) is 28.5. The first-order chi connectivity index (χ1) is 10.1. The van der Waals surface area contributed by atoms with Gasteiger partial charge in [0, 0.05) is 30.5 Å². The summed E-state index contributed by atoms with van der Waals surface area (Å²) in [5, 5.41) is 0.752. The van der Waals surface area contributed by atoms with Crippen LogP contribution in [0.5, 0.6) is 0 Å². The van der Waals surface area contributed by atoms with Crippen LogP contribution in [0.15, 0.2) is 24.3 Å². The molecule has 0 unspecified atom stereocenters. The molecule has 0 aliphatic carbocycles. The van der Waals surface area contributed by atoms with E-state index >= 15 is 0 Å². The Hall–Kier alpha value is -1.06. The van der Waals surface area contributed by atoms with Crippen molar-refractivity contribution in [2.45, 2.75) is 44.8 Å². The molecule has 2 heterocycles. The van der Waals surface area contributed by atoms with Crippen LogP contribution in [0.25, 0.3) is 0 Å². The van der Waals surface area contributed by atoms with E-state index in [1.807, 2.05) is 29.2 Å². The number of aryl methyl sites for hydroxylation is 1. The molecular weight excluding hydrogens is 286 g/mol. The lowest BCUT2D eigenvalue weighted by Crippen LogP contribution is -2.44. The second-order valence-corrected chi connectivity index (χ2v) is 6.61. The number of likely N-dealkylation sites (tertiary alicyclic amines) is 1. The molecule has 2 fully saturated rings. The zero-order valence-corrected chi connectivity index (χ0v) is 13.2. The molecule has 2 aliphatic rings. The van der Waals surface area contributed by atoms with Crippen molar-refractivity contribution in [1.82, 2.24) is 4.90 Å². The number of benzene rings is 1. The first-order valence-corrected chi connectivity index (χ1v) is 8.18. The average molecular weight is 308 g/mol. The number of carbonyl (C=O) groups excluding carboxylic acids is 1. The van der Waals surface area contributed by atoms with Gasteiger partial charge < -0.3 is 9.64 Å². The topological polar surface area (TPSA) is 29.5 Å². The minimum Gasteiger partial charge on any atom is -0.375 e. The fourth-order valence-corrected chi connectivity index (χ4v) is 3.75. The van der Waals surface area contributed by atoms with Gasteiger partial charge in [-0.3, -0.25) is 4.79 Å². The third-order valence-electron chi connectivity index (χ3n) is 4.62. The van der Waals surface area contributed by atoms with Gasteiger partial charge in [-0.2, -0.15) is 0 Å².